The highest BCUT2D eigenvalue weighted by Crippen LogP contribution is 2.33. The van der Waals surface area contributed by atoms with E-state index in [9.17, 15) is 4.79 Å². The fourth-order valence-corrected chi connectivity index (χ4v) is 3.51. The van der Waals surface area contributed by atoms with Crippen molar-refractivity contribution in [3.8, 4) is 0 Å². The Morgan fingerprint density at radius 2 is 1.96 bits per heavy atom. The Bertz CT molecular complexity index is 699. The molecule has 0 bridgehead atoms. The molecule has 1 amide bonds. The monoisotopic (exact) mass is 342 g/mol. The lowest BCUT2D eigenvalue weighted by Gasteiger charge is -2.32. The summed E-state index contributed by atoms with van der Waals surface area (Å²) in [5.41, 5.74) is 3.84. The summed E-state index contributed by atoms with van der Waals surface area (Å²) in [6, 6.07) is 16.5. The van der Waals surface area contributed by atoms with Gasteiger partial charge in [0.1, 0.15) is 0 Å². The topological polar surface area (TPSA) is 32.3 Å². The Hall–Kier alpha value is -1.84. The van der Waals surface area contributed by atoms with Crippen LogP contribution in [0.15, 0.2) is 48.5 Å². The average Bonchev–Trinajstić information content (AvgIpc) is 2.60. The van der Waals surface area contributed by atoms with Gasteiger partial charge < -0.3 is 5.32 Å². The van der Waals surface area contributed by atoms with Gasteiger partial charge in [0, 0.05) is 17.6 Å². The van der Waals surface area contributed by atoms with Crippen LogP contribution in [0.25, 0.3) is 0 Å². The molecule has 0 aromatic heterocycles. The quantitative estimate of drug-likeness (QED) is 0.891. The number of rotatable bonds is 5. The summed E-state index contributed by atoms with van der Waals surface area (Å²) in [4.78, 5) is 14.4. The van der Waals surface area contributed by atoms with Crippen LogP contribution in [-0.4, -0.2) is 24.4 Å². The maximum Gasteiger partial charge on any atom is 0.234 e. The van der Waals surface area contributed by atoms with E-state index in [2.05, 4.69) is 34.5 Å². The number of carbonyl (C=O) groups is 1. The number of halogens is 1. The SMILES string of the molecule is CN(CC(=O)NCc1ccc(Cl)cc1)[C@H]1CCCc2ccccc21. The average molecular weight is 343 g/mol. The minimum Gasteiger partial charge on any atom is -0.351 e. The van der Waals surface area contributed by atoms with E-state index in [-0.39, 0.29) is 5.91 Å². The Kier molecular flexibility index (Phi) is 5.54. The number of benzene rings is 2. The molecule has 2 aromatic carbocycles. The van der Waals surface area contributed by atoms with E-state index in [1.165, 1.54) is 17.5 Å². The van der Waals surface area contributed by atoms with Gasteiger partial charge in [0.15, 0.2) is 0 Å². The van der Waals surface area contributed by atoms with Crippen LogP contribution in [0.5, 0.6) is 0 Å². The van der Waals surface area contributed by atoms with Crippen LogP contribution >= 0.6 is 11.6 Å². The largest absolute Gasteiger partial charge is 0.351 e. The number of amides is 1. The second kappa shape index (κ2) is 7.82. The lowest BCUT2D eigenvalue weighted by atomic mass is 9.87. The van der Waals surface area contributed by atoms with Crippen LogP contribution in [0.1, 0.15) is 35.6 Å². The number of nitrogens with zero attached hydrogens (tertiary/aromatic N) is 1. The molecule has 1 aliphatic carbocycles. The zero-order chi connectivity index (χ0) is 16.9. The van der Waals surface area contributed by atoms with Gasteiger partial charge >= 0.3 is 0 Å². The van der Waals surface area contributed by atoms with Gasteiger partial charge in [-0.2, -0.15) is 0 Å². The summed E-state index contributed by atoms with van der Waals surface area (Å²) in [6.45, 7) is 0.942. The molecule has 0 aliphatic heterocycles. The maximum absolute atomic E-state index is 12.3. The Balaban J connectivity index is 1.56. The molecule has 1 aliphatic rings. The molecule has 3 nitrogen and oxygen atoms in total. The van der Waals surface area contributed by atoms with Crippen molar-refractivity contribution < 1.29 is 4.79 Å². The van der Waals surface area contributed by atoms with Crippen LogP contribution in [0.4, 0.5) is 0 Å². The summed E-state index contributed by atoms with van der Waals surface area (Å²) in [5, 5.41) is 3.70. The smallest absolute Gasteiger partial charge is 0.234 e. The van der Waals surface area contributed by atoms with Gasteiger partial charge in [-0.3, -0.25) is 9.69 Å². The molecule has 1 atom stereocenters. The molecule has 126 valence electrons. The van der Waals surface area contributed by atoms with Crippen LogP contribution in [0, 0.1) is 0 Å². The molecular formula is C20H23ClN2O. The molecule has 0 saturated heterocycles. The first kappa shape index (κ1) is 17.0. The number of hydrogen-bond acceptors (Lipinski definition) is 2. The van der Waals surface area contributed by atoms with Crippen LogP contribution in [0.3, 0.4) is 0 Å². The molecule has 0 spiro atoms. The van der Waals surface area contributed by atoms with Crippen molar-refractivity contribution in [2.24, 2.45) is 0 Å². The van der Waals surface area contributed by atoms with Gasteiger partial charge in [0.25, 0.3) is 0 Å². The van der Waals surface area contributed by atoms with Crippen molar-refractivity contribution in [2.75, 3.05) is 13.6 Å². The molecular weight excluding hydrogens is 320 g/mol. The predicted molar refractivity (Wildman–Crippen MR) is 98.0 cm³/mol. The van der Waals surface area contributed by atoms with E-state index in [1.54, 1.807) is 0 Å². The molecule has 24 heavy (non-hydrogen) atoms. The zero-order valence-corrected chi connectivity index (χ0v) is 14.7. The molecule has 0 fully saturated rings. The number of aryl methyl sites for hydroxylation is 1. The number of carbonyl (C=O) groups excluding carboxylic acids is 1. The van der Waals surface area contributed by atoms with Gasteiger partial charge in [-0.15, -0.1) is 0 Å². The van der Waals surface area contributed by atoms with Crippen LogP contribution < -0.4 is 5.32 Å². The third kappa shape index (κ3) is 4.16. The van der Waals surface area contributed by atoms with Gasteiger partial charge in [0.05, 0.1) is 6.54 Å². The van der Waals surface area contributed by atoms with Crippen LogP contribution in [-0.2, 0) is 17.8 Å². The number of likely N-dealkylation sites (N-methyl/N-ethyl adjacent to an activating group) is 1. The van der Waals surface area contributed by atoms with E-state index < -0.39 is 0 Å². The van der Waals surface area contributed by atoms with Crippen LogP contribution in [0.2, 0.25) is 5.02 Å². The molecule has 4 heteroatoms. The van der Waals surface area contributed by atoms with Crippen molar-refractivity contribution >= 4 is 17.5 Å². The Labute approximate surface area is 148 Å². The Morgan fingerprint density at radius 1 is 1.21 bits per heavy atom. The van der Waals surface area contributed by atoms with Crippen molar-refractivity contribution in [2.45, 2.75) is 31.8 Å². The molecule has 3 rings (SSSR count). The van der Waals surface area contributed by atoms with E-state index >= 15 is 0 Å². The Morgan fingerprint density at radius 3 is 2.75 bits per heavy atom. The zero-order valence-electron chi connectivity index (χ0n) is 14.0. The summed E-state index contributed by atoms with van der Waals surface area (Å²) >= 11 is 5.88. The third-order valence-corrected chi connectivity index (χ3v) is 4.92. The summed E-state index contributed by atoms with van der Waals surface area (Å²) in [6.07, 6.45) is 3.43. The minimum absolute atomic E-state index is 0.0514. The first-order valence-corrected chi connectivity index (χ1v) is 8.80. The van der Waals surface area contributed by atoms with Crippen molar-refractivity contribution in [1.82, 2.24) is 10.2 Å². The molecule has 1 N–H and O–H groups in total. The van der Waals surface area contributed by atoms with Crippen molar-refractivity contribution in [3.05, 3.63) is 70.2 Å². The van der Waals surface area contributed by atoms with E-state index in [0.717, 1.165) is 18.4 Å². The van der Waals surface area contributed by atoms with Gasteiger partial charge in [-0.25, -0.2) is 0 Å². The molecule has 0 radical (unpaired) electrons. The third-order valence-electron chi connectivity index (χ3n) is 4.67. The molecule has 0 unspecified atom stereocenters. The number of hydrogen-bond donors (Lipinski definition) is 1. The minimum atomic E-state index is 0.0514. The number of fused-ring (bicyclic) bond motifs is 1. The fraction of sp³-hybridized carbons (Fsp3) is 0.350. The predicted octanol–water partition coefficient (Wildman–Crippen LogP) is 3.97. The highest BCUT2D eigenvalue weighted by Gasteiger charge is 2.24. The number of nitrogens with one attached hydrogen (secondary N) is 1. The second-order valence-corrected chi connectivity index (χ2v) is 6.86. The van der Waals surface area contributed by atoms with E-state index in [4.69, 9.17) is 11.6 Å². The van der Waals surface area contributed by atoms with E-state index in [0.29, 0.717) is 24.2 Å². The van der Waals surface area contributed by atoms with Crippen molar-refractivity contribution in [1.29, 1.82) is 0 Å². The normalized spacial score (nSPS) is 16.7. The van der Waals surface area contributed by atoms with Gasteiger partial charge in [0.2, 0.25) is 5.91 Å². The standard InChI is InChI=1S/C20H23ClN2O/c1-23(19-8-4-6-16-5-2-3-7-18(16)19)14-20(24)22-13-15-9-11-17(21)12-10-15/h2-3,5,7,9-12,19H,4,6,8,13-14H2,1H3,(H,22,24)/t19-/m0/s1. The first-order valence-electron chi connectivity index (χ1n) is 8.42. The highest BCUT2D eigenvalue weighted by molar-refractivity contribution is 6.30. The highest BCUT2D eigenvalue weighted by atomic mass is 35.5. The molecule has 0 saturated carbocycles. The second-order valence-electron chi connectivity index (χ2n) is 6.43. The van der Waals surface area contributed by atoms with Gasteiger partial charge in [-0.05, 0) is 55.1 Å². The van der Waals surface area contributed by atoms with E-state index in [1.807, 2.05) is 31.3 Å². The molecule has 0 heterocycles. The fourth-order valence-electron chi connectivity index (χ4n) is 3.38. The van der Waals surface area contributed by atoms with Gasteiger partial charge in [-0.1, -0.05) is 48.0 Å². The first-order chi connectivity index (χ1) is 11.6. The lowest BCUT2D eigenvalue weighted by Crippen LogP contribution is -2.37. The van der Waals surface area contributed by atoms with Crippen molar-refractivity contribution in [3.63, 3.8) is 0 Å². The summed E-state index contributed by atoms with van der Waals surface area (Å²) < 4.78 is 0. The summed E-state index contributed by atoms with van der Waals surface area (Å²) in [5.74, 6) is 0.0514. The maximum atomic E-state index is 12.3. The summed E-state index contributed by atoms with van der Waals surface area (Å²) in [7, 11) is 2.04. The lowest BCUT2D eigenvalue weighted by molar-refractivity contribution is -0.122. The molecule has 2 aromatic rings.